The summed E-state index contributed by atoms with van der Waals surface area (Å²) in [6.45, 7) is 0.738. The highest BCUT2D eigenvalue weighted by molar-refractivity contribution is 9.10. The number of halogens is 5. The number of alkyl halides is 3. The number of ether oxygens (including phenoxy) is 1. The van der Waals surface area contributed by atoms with Gasteiger partial charge in [-0.25, -0.2) is 4.39 Å². The van der Waals surface area contributed by atoms with Gasteiger partial charge in [0.1, 0.15) is 11.6 Å². The first-order valence-electron chi connectivity index (χ1n) is 6.63. The fraction of sp³-hybridized carbons (Fsp3) is 0.571. The molecule has 1 heterocycles. The lowest BCUT2D eigenvalue weighted by atomic mass is 9.97. The van der Waals surface area contributed by atoms with Crippen molar-refractivity contribution in [2.75, 3.05) is 20.2 Å². The van der Waals surface area contributed by atoms with Gasteiger partial charge in [0.2, 0.25) is 0 Å². The van der Waals surface area contributed by atoms with Gasteiger partial charge in [-0.3, -0.25) is 4.90 Å². The molecule has 0 saturated carbocycles. The summed E-state index contributed by atoms with van der Waals surface area (Å²) in [7, 11) is 1.46. The van der Waals surface area contributed by atoms with Crippen LogP contribution in [0.4, 0.5) is 17.6 Å². The van der Waals surface area contributed by atoms with Crippen LogP contribution in [-0.2, 0) is 6.54 Å². The Hall–Kier alpha value is -0.820. The van der Waals surface area contributed by atoms with Crippen LogP contribution in [0.1, 0.15) is 18.4 Å². The zero-order valence-electron chi connectivity index (χ0n) is 11.5. The molecule has 0 spiro atoms. The standard InChI is InChI=1S/C14H16BrF4NO/c1-21-12-5-4-11(16)13(15)10(12)8-20-6-2-3-9(7-20)14(17,18)19/h4-5,9H,2-3,6-8H2,1H3. The zero-order valence-corrected chi connectivity index (χ0v) is 13.1. The number of benzene rings is 1. The lowest BCUT2D eigenvalue weighted by molar-refractivity contribution is -0.187. The van der Waals surface area contributed by atoms with Gasteiger partial charge in [-0.2, -0.15) is 13.2 Å². The van der Waals surface area contributed by atoms with Gasteiger partial charge < -0.3 is 4.74 Å². The summed E-state index contributed by atoms with van der Waals surface area (Å²) in [4.78, 5) is 1.70. The van der Waals surface area contributed by atoms with E-state index in [0.29, 0.717) is 24.3 Å². The van der Waals surface area contributed by atoms with E-state index >= 15 is 0 Å². The van der Waals surface area contributed by atoms with E-state index in [2.05, 4.69) is 15.9 Å². The van der Waals surface area contributed by atoms with Gasteiger partial charge in [-0.15, -0.1) is 0 Å². The Morgan fingerprint density at radius 3 is 2.71 bits per heavy atom. The number of hydrogen-bond donors (Lipinski definition) is 0. The average Bonchev–Trinajstić information content (AvgIpc) is 2.44. The maximum atomic E-state index is 13.6. The van der Waals surface area contributed by atoms with Crippen molar-refractivity contribution in [3.05, 3.63) is 28.0 Å². The van der Waals surface area contributed by atoms with Crippen LogP contribution in [0.15, 0.2) is 16.6 Å². The minimum Gasteiger partial charge on any atom is -0.496 e. The molecule has 0 aliphatic carbocycles. The fourth-order valence-electron chi connectivity index (χ4n) is 2.60. The third-order valence-electron chi connectivity index (χ3n) is 3.72. The molecular weight excluding hydrogens is 354 g/mol. The largest absolute Gasteiger partial charge is 0.496 e. The molecule has 1 aliphatic heterocycles. The summed E-state index contributed by atoms with van der Waals surface area (Å²) in [5, 5.41) is 0. The number of likely N-dealkylation sites (tertiary alicyclic amines) is 1. The molecule has 7 heteroatoms. The van der Waals surface area contributed by atoms with Gasteiger partial charge in [-0.1, -0.05) is 0 Å². The van der Waals surface area contributed by atoms with Gasteiger partial charge in [0.15, 0.2) is 0 Å². The maximum Gasteiger partial charge on any atom is 0.393 e. The molecule has 1 unspecified atom stereocenters. The number of nitrogens with zero attached hydrogens (tertiary/aromatic N) is 1. The van der Waals surface area contributed by atoms with Gasteiger partial charge in [0.25, 0.3) is 0 Å². The molecule has 0 bridgehead atoms. The molecule has 1 aromatic rings. The van der Waals surface area contributed by atoms with Crippen molar-refractivity contribution >= 4 is 15.9 Å². The predicted molar refractivity (Wildman–Crippen MR) is 74.7 cm³/mol. The van der Waals surface area contributed by atoms with Crippen molar-refractivity contribution in [2.24, 2.45) is 5.92 Å². The van der Waals surface area contributed by atoms with Crippen molar-refractivity contribution in [3.8, 4) is 5.75 Å². The Balaban J connectivity index is 2.16. The topological polar surface area (TPSA) is 12.5 Å². The molecule has 0 aromatic heterocycles. The molecule has 0 amide bonds. The molecule has 0 N–H and O–H groups in total. The van der Waals surface area contributed by atoms with Crippen LogP contribution >= 0.6 is 15.9 Å². The summed E-state index contributed by atoms with van der Waals surface area (Å²) >= 11 is 3.15. The van der Waals surface area contributed by atoms with Crippen LogP contribution in [0.2, 0.25) is 0 Å². The van der Waals surface area contributed by atoms with Crippen molar-refractivity contribution in [1.82, 2.24) is 4.90 Å². The first kappa shape index (κ1) is 16.5. The molecular formula is C14H16BrF4NO. The summed E-state index contributed by atoms with van der Waals surface area (Å²) in [6, 6.07) is 2.75. The van der Waals surface area contributed by atoms with Crippen LogP contribution in [0, 0.1) is 11.7 Å². The van der Waals surface area contributed by atoms with E-state index in [-0.39, 0.29) is 24.0 Å². The fourth-order valence-corrected chi connectivity index (χ4v) is 3.06. The summed E-state index contributed by atoms with van der Waals surface area (Å²) < 4.78 is 57.5. The highest BCUT2D eigenvalue weighted by atomic mass is 79.9. The second kappa shape index (κ2) is 6.52. The third kappa shape index (κ3) is 3.88. The van der Waals surface area contributed by atoms with Crippen LogP contribution in [0.25, 0.3) is 0 Å². The Morgan fingerprint density at radius 1 is 1.38 bits per heavy atom. The quantitative estimate of drug-likeness (QED) is 0.733. The molecule has 118 valence electrons. The van der Waals surface area contributed by atoms with Crippen molar-refractivity contribution in [1.29, 1.82) is 0 Å². The molecule has 21 heavy (non-hydrogen) atoms. The van der Waals surface area contributed by atoms with Crippen molar-refractivity contribution < 1.29 is 22.3 Å². The predicted octanol–water partition coefficient (Wildman–Crippen LogP) is 4.37. The average molecular weight is 370 g/mol. The van der Waals surface area contributed by atoms with Gasteiger partial charge in [0.05, 0.1) is 17.5 Å². The molecule has 1 aromatic carbocycles. The minimum absolute atomic E-state index is 0.0599. The summed E-state index contributed by atoms with van der Waals surface area (Å²) in [5.41, 5.74) is 0.542. The van der Waals surface area contributed by atoms with Crippen LogP contribution in [-0.4, -0.2) is 31.3 Å². The summed E-state index contributed by atoms with van der Waals surface area (Å²) in [5.74, 6) is -1.29. The lowest BCUT2D eigenvalue weighted by Gasteiger charge is -2.34. The van der Waals surface area contributed by atoms with E-state index in [1.807, 2.05) is 0 Å². The van der Waals surface area contributed by atoms with Crippen LogP contribution < -0.4 is 4.74 Å². The minimum atomic E-state index is -4.18. The smallest absolute Gasteiger partial charge is 0.393 e. The van der Waals surface area contributed by atoms with E-state index in [9.17, 15) is 17.6 Å². The van der Waals surface area contributed by atoms with E-state index in [1.54, 1.807) is 4.90 Å². The van der Waals surface area contributed by atoms with Crippen molar-refractivity contribution in [2.45, 2.75) is 25.6 Å². The SMILES string of the molecule is COc1ccc(F)c(Br)c1CN1CCCC(C(F)(F)F)C1. The van der Waals surface area contributed by atoms with Crippen LogP contribution in [0.5, 0.6) is 5.75 Å². The first-order valence-corrected chi connectivity index (χ1v) is 7.42. The van der Waals surface area contributed by atoms with Gasteiger partial charge >= 0.3 is 6.18 Å². The second-order valence-electron chi connectivity index (χ2n) is 5.16. The maximum absolute atomic E-state index is 13.6. The monoisotopic (exact) mass is 369 g/mol. The second-order valence-corrected chi connectivity index (χ2v) is 5.95. The Bertz CT molecular complexity index is 506. The molecule has 0 radical (unpaired) electrons. The lowest BCUT2D eigenvalue weighted by Crippen LogP contribution is -2.41. The first-order chi connectivity index (χ1) is 9.82. The number of rotatable bonds is 3. The Morgan fingerprint density at radius 2 is 2.10 bits per heavy atom. The molecule has 2 rings (SSSR count). The van der Waals surface area contributed by atoms with Gasteiger partial charge in [0, 0.05) is 18.7 Å². The van der Waals surface area contributed by atoms with E-state index in [1.165, 1.54) is 19.2 Å². The molecule has 1 fully saturated rings. The summed E-state index contributed by atoms with van der Waals surface area (Å²) in [6.07, 6.45) is -3.54. The Labute approximate surface area is 129 Å². The highest BCUT2D eigenvalue weighted by Gasteiger charge is 2.41. The van der Waals surface area contributed by atoms with E-state index in [0.717, 1.165) is 0 Å². The molecule has 2 nitrogen and oxygen atoms in total. The third-order valence-corrected chi connectivity index (χ3v) is 4.58. The number of methoxy groups -OCH3 is 1. The van der Waals surface area contributed by atoms with E-state index < -0.39 is 17.9 Å². The zero-order chi connectivity index (χ0) is 15.6. The van der Waals surface area contributed by atoms with Crippen LogP contribution in [0.3, 0.4) is 0 Å². The Kier molecular flexibility index (Phi) is 5.14. The molecule has 1 atom stereocenters. The number of hydrogen-bond acceptors (Lipinski definition) is 2. The van der Waals surface area contributed by atoms with Gasteiger partial charge in [-0.05, 0) is 47.4 Å². The molecule has 1 saturated heterocycles. The number of piperidine rings is 1. The van der Waals surface area contributed by atoms with Crippen molar-refractivity contribution in [3.63, 3.8) is 0 Å². The highest BCUT2D eigenvalue weighted by Crippen LogP contribution is 2.35. The van der Waals surface area contributed by atoms with E-state index in [4.69, 9.17) is 4.74 Å². The molecule has 1 aliphatic rings. The normalized spacial score (nSPS) is 20.6.